The number of hydrogen-bond acceptors (Lipinski definition) is 5. The molecule has 3 amide bonds. The van der Waals surface area contributed by atoms with E-state index in [4.69, 9.17) is 4.79 Å². The zero-order valence-corrected chi connectivity index (χ0v) is 10.6. The van der Waals surface area contributed by atoms with Crippen LogP contribution in [-0.4, -0.2) is 36.4 Å². The van der Waals surface area contributed by atoms with Crippen LogP contribution in [0.2, 0.25) is 0 Å². The smallest absolute Gasteiger partial charge is 0.352 e. The molecule has 0 rings (SSSR count). The van der Waals surface area contributed by atoms with Gasteiger partial charge in [0.05, 0.1) is 6.21 Å². The summed E-state index contributed by atoms with van der Waals surface area (Å²) in [5, 5.41) is 5.81. The maximum atomic E-state index is 10.5. The minimum absolute atomic E-state index is 0.103. The summed E-state index contributed by atoms with van der Waals surface area (Å²) in [4.78, 5) is 24.0. The predicted octanol–water partition coefficient (Wildman–Crippen LogP) is 0.494. The molecule has 0 spiro atoms. The average Bonchev–Trinajstić information content (AvgIpc) is 2.16. The Morgan fingerprint density at radius 1 is 1.44 bits per heavy atom. The summed E-state index contributed by atoms with van der Waals surface area (Å²) in [5.74, 6) is 0. The summed E-state index contributed by atoms with van der Waals surface area (Å²) in [5.41, 5.74) is 8.50. The SMILES string of the molecule is CNC(=O)O/N=C/C(C)(C)SC.NC(N)=O. The Balaban J connectivity index is 0. The van der Waals surface area contributed by atoms with Gasteiger partial charge in [0.25, 0.3) is 0 Å². The number of nitrogens with two attached hydrogens (primary N) is 2. The van der Waals surface area contributed by atoms with Gasteiger partial charge in [0.1, 0.15) is 0 Å². The van der Waals surface area contributed by atoms with Crippen LogP contribution in [0.5, 0.6) is 0 Å². The Bertz CT molecular complexity index is 252. The number of primary amides is 2. The van der Waals surface area contributed by atoms with Crippen LogP contribution < -0.4 is 16.8 Å². The number of amides is 3. The summed E-state index contributed by atoms with van der Waals surface area (Å²) >= 11 is 1.63. The van der Waals surface area contributed by atoms with Crippen molar-refractivity contribution in [1.29, 1.82) is 0 Å². The number of urea groups is 1. The molecule has 0 saturated heterocycles. The van der Waals surface area contributed by atoms with Crippen LogP contribution >= 0.6 is 11.8 Å². The monoisotopic (exact) mass is 250 g/mol. The van der Waals surface area contributed by atoms with Crippen LogP contribution in [-0.2, 0) is 4.84 Å². The fourth-order valence-electron chi connectivity index (χ4n) is 0.299. The van der Waals surface area contributed by atoms with Crippen molar-refractivity contribution < 1.29 is 14.4 Å². The molecule has 0 heterocycles. The molecule has 0 unspecified atom stereocenters. The molecule has 0 aliphatic rings. The van der Waals surface area contributed by atoms with Crippen LogP contribution in [0.4, 0.5) is 9.59 Å². The molecule has 94 valence electrons. The van der Waals surface area contributed by atoms with Crippen molar-refractivity contribution in [3.8, 4) is 0 Å². The lowest BCUT2D eigenvalue weighted by Gasteiger charge is -2.13. The molecule has 0 atom stereocenters. The van der Waals surface area contributed by atoms with Gasteiger partial charge < -0.3 is 16.8 Å². The second-order valence-electron chi connectivity index (χ2n) is 3.07. The van der Waals surface area contributed by atoms with Crippen molar-refractivity contribution in [1.82, 2.24) is 5.32 Å². The van der Waals surface area contributed by atoms with Crippen molar-refractivity contribution in [3.05, 3.63) is 0 Å². The summed E-state index contributed by atoms with van der Waals surface area (Å²) in [7, 11) is 1.48. The van der Waals surface area contributed by atoms with Gasteiger partial charge in [0.15, 0.2) is 0 Å². The summed E-state index contributed by atoms with van der Waals surface area (Å²) in [6.45, 7) is 3.96. The predicted molar refractivity (Wildman–Crippen MR) is 65.4 cm³/mol. The Labute approximate surface area is 98.9 Å². The molecule has 7 nitrogen and oxygen atoms in total. The van der Waals surface area contributed by atoms with E-state index in [-0.39, 0.29) is 4.75 Å². The van der Waals surface area contributed by atoms with Crippen molar-refractivity contribution in [2.75, 3.05) is 13.3 Å². The molecule has 0 aromatic heterocycles. The van der Waals surface area contributed by atoms with Gasteiger partial charge >= 0.3 is 12.1 Å². The van der Waals surface area contributed by atoms with Gasteiger partial charge in [-0.1, -0.05) is 5.16 Å². The van der Waals surface area contributed by atoms with Crippen LogP contribution in [0.25, 0.3) is 0 Å². The van der Waals surface area contributed by atoms with Crippen molar-refractivity contribution in [2.24, 2.45) is 16.6 Å². The van der Waals surface area contributed by atoms with Crippen LogP contribution in [0.3, 0.4) is 0 Å². The van der Waals surface area contributed by atoms with Gasteiger partial charge in [-0.3, -0.25) is 4.84 Å². The van der Waals surface area contributed by atoms with E-state index in [1.54, 1.807) is 18.0 Å². The van der Waals surface area contributed by atoms with Crippen LogP contribution in [0.1, 0.15) is 13.8 Å². The molecule has 0 radical (unpaired) electrons. The van der Waals surface area contributed by atoms with Crippen molar-refractivity contribution >= 4 is 30.1 Å². The fourth-order valence-corrected chi connectivity index (χ4v) is 0.448. The molecule has 0 fully saturated rings. The van der Waals surface area contributed by atoms with Crippen LogP contribution in [0.15, 0.2) is 5.16 Å². The van der Waals surface area contributed by atoms with Crippen molar-refractivity contribution in [3.63, 3.8) is 0 Å². The highest BCUT2D eigenvalue weighted by Crippen LogP contribution is 2.17. The number of nitrogens with one attached hydrogen (secondary N) is 1. The molecule has 0 aliphatic heterocycles. The van der Waals surface area contributed by atoms with E-state index in [1.807, 2.05) is 20.1 Å². The number of nitrogens with zero attached hydrogens (tertiary/aromatic N) is 1. The van der Waals surface area contributed by atoms with E-state index in [0.29, 0.717) is 0 Å². The summed E-state index contributed by atoms with van der Waals surface area (Å²) < 4.78 is -0.103. The lowest BCUT2D eigenvalue weighted by Crippen LogP contribution is -2.19. The quantitative estimate of drug-likeness (QED) is 0.383. The van der Waals surface area contributed by atoms with Gasteiger partial charge in [-0.05, 0) is 20.1 Å². The van der Waals surface area contributed by atoms with E-state index in [0.717, 1.165) is 0 Å². The average molecular weight is 250 g/mol. The summed E-state index contributed by atoms with van der Waals surface area (Å²) in [6.07, 6.45) is 3.00. The first-order valence-corrected chi connectivity index (χ1v) is 5.51. The number of hydrogen-bond donors (Lipinski definition) is 3. The molecule has 0 saturated carbocycles. The molecular weight excluding hydrogens is 232 g/mol. The second kappa shape index (κ2) is 8.84. The highest BCUT2D eigenvalue weighted by atomic mass is 32.2. The lowest BCUT2D eigenvalue weighted by molar-refractivity contribution is 0.153. The standard InChI is InChI=1S/C7H14N2O2S.CH4N2O/c1-7(2,12-4)5-9-11-6(10)8-3;2-1(3)4/h5H,1-4H3,(H,8,10);(H4,2,3,4)/b9-5+;. The van der Waals surface area contributed by atoms with Crippen molar-refractivity contribution in [2.45, 2.75) is 18.6 Å². The fraction of sp³-hybridized carbons (Fsp3) is 0.625. The topological polar surface area (TPSA) is 120 Å². The number of oxime groups is 1. The first-order chi connectivity index (χ1) is 7.25. The minimum Gasteiger partial charge on any atom is -0.352 e. The first kappa shape index (κ1) is 17.0. The van der Waals surface area contributed by atoms with Gasteiger partial charge in [-0.25, -0.2) is 9.59 Å². The van der Waals surface area contributed by atoms with Crippen LogP contribution in [0, 0.1) is 0 Å². The largest absolute Gasteiger partial charge is 0.433 e. The zero-order chi connectivity index (χ0) is 13.2. The van der Waals surface area contributed by atoms with E-state index in [9.17, 15) is 4.79 Å². The summed E-state index contributed by atoms with van der Waals surface area (Å²) in [6, 6.07) is -0.833. The molecular formula is C8H18N4O3S. The Kier molecular flexibility index (Phi) is 9.37. The van der Waals surface area contributed by atoms with E-state index in [1.165, 1.54) is 7.05 Å². The molecule has 0 aromatic carbocycles. The number of carbonyl (C=O) groups excluding carboxylic acids is 2. The highest BCUT2D eigenvalue weighted by molar-refractivity contribution is 8.00. The zero-order valence-electron chi connectivity index (χ0n) is 9.81. The molecule has 5 N–H and O–H groups in total. The molecule has 8 heteroatoms. The van der Waals surface area contributed by atoms with E-state index >= 15 is 0 Å². The third-order valence-electron chi connectivity index (χ3n) is 1.23. The Morgan fingerprint density at radius 2 is 1.88 bits per heavy atom. The normalized spacial score (nSPS) is 10.2. The Hall–Kier alpha value is -1.44. The van der Waals surface area contributed by atoms with Gasteiger partial charge in [-0.2, -0.15) is 11.8 Å². The molecule has 0 aliphatic carbocycles. The number of carbonyl (C=O) groups is 2. The van der Waals surface area contributed by atoms with Gasteiger partial charge in [-0.15, -0.1) is 0 Å². The third-order valence-corrected chi connectivity index (χ3v) is 2.39. The maximum Gasteiger partial charge on any atom is 0.433 e. The van der Waals surface area contributed by atoms with Gasteiger partial charge in [0.2, 0.25) is 0 Å². The minimum atomic E-state index is -0.833. The van der Waals surface area contributed by atoms with E-state index < -0.39 is 12.1 Å². The molecule has 0 bridgehead atoms. The third kappa shape index (κ3) is 15.1. The number of thioether (sulfide) groups is 1. The lowest BCUT2D eigenvalue weighted by atomic mass is 10.2. The van der Waals surface area contributed by atoms with Gasteiger partial charge in [0, 0.05) is 11.8 Å². The highest BCUT2D eigenvalue weighted by Gasteiger charge is 2.12. The second-order valence-corrected chi connectivity index (χ2v) is 4.53. The maximum absolute atomic E-state index is 10.5. The molecule has 16 heavy (non-hydrogen) atoms. The van der Waals surface area contributed by atoms with E-state index in [2.05, 4.69) is 26.8 Å². The first-order valence-electron chi connectivity index (χ1n) is 4.28. The molecule has 0 aromatic rings. The Morgan fingerprint density at radius 3 is 2.19 bits per heavy atom. The number of rotatable bonds is 3.